The minimum atomic E-state index is -0.698. The number of carbonyl (C=O) groups is 1. The van der Waals surface area contributed by atoms with E-state index in [4.69, 9.17) is 0 Å². The van der Waals surface area contributed by atoms with Crippen LogP contribution in [0.5, 0.6) is 0 Å². The zero-order valence-corrected chi connectivity index (χ0v) is 12.4. The van der Waals surface area contributed by atoms with Crippen molar-refractivity contribution in [1.82, 2.24) is 5.32 Å². The lowest BCUT2D eigenvalue weighted by Gasteiger charge is -2.21. The predicted molar refractivity (Wildman–Crippen MR) is 76.6 cm³/mol. The Morgan fingerprint density at radius 3 is 3.00 bits per heavy atom. The monoisotopic (exact) mass is 324 g/mol. The van der Waals surface area contributed by atoms with Crippen LogP contribution in [0.25, 0.3) is 0 Å². The van der Waals surface area contributed by atoms with Crippen LogP contribution in [-0.2, 0) is 0 Å². The number of nitrogens with zero attached hydrogens (tertiary/aromatic N) is 1. The molecule has 1 unspecified atom stereocenters. The third-order valence-corrected chi connectivity index (χ3v) is 5.15. The van der Waals surface area contributed by atoms with Crippen molar-refractivity contribution in [2.75, 3.05) is 11.5 Å². The van der Waals surface area contributed by atoms with Gasteiger partial charge in [0.1, 0.15) is 5.54 Å². The van der Waals surface area contributed by atoms with E-state index in [1.54, 1.807) is 17.8 Å². The third kappa shape index (κ3) is 2.55. The smallest absolute Gasteiger partial charge is 0.252 e. The van der Waals surface area contributed by atoms with Crippen molar-refractivity contribution in [2.45, 2.75) is 18.9 Å². The van der Waals surface area contributed by atoms with E-state index in [-0.39, 0.29) is 5.91 Å². The van der Waals surface area contributed by atoms with Crippen molar-refractivity contribution >= 4 is 33.6 Å². The molecule has 1 aliphatic rings. The summed E-state index contributed by atoms with van der Waals surface area (Å²) >= 11 is 5.11. The topological polar surface area (TPSA) is 52.9 Å². The molecular formula is C13H13BrN2OS. The Hall–Kier alpha value is -0.990. The first kappa shape index (κ1) is 13.4. The molecule has 0 radical (unpaired) electrons. The molecule has 1 heterocycles. The number of halogens is 1. The van der Waals surface area contributed by atoms with E-state index in [0.717, 1.165) is 15.8 Å². The summed E-state index contributed by atoms with van der Waals surface area (Å²) in [6.45, 7) is 1.89. The Morgan fingerprint density at radius 1 is 1.61 bits per heavy atom. The van der Waals surface area contributed by atoms with Gasteiger partial charge in [0.15, 0.2) is 0 Å². The summed E-state index contributed by atoms with van der Waals surface area (Å²) in [6.07, 6.45) is 0.715. The van der Waals surface area contributed by atoms with Crippen LogP contribution in [-0.4, -0.2) is 23.0 Å². The fourth-order valence-corrected chi connectivity index (χ4v) is 3.55. The average molecular weight is 325 g/mol. The van der Waals surface area contributed by atoms with E-state index in [1.807, 2.05) is 19.1 Å². The summed E-state index contributed by atoms with van der Waals surface area (Å²) in [6, 6.07) is 7.76. The number of amides is 1. The van der Waals surface area contributed by atoms with Crippen LogP contribution in [0.15, 0.2) is 22.7 Å². The van der Waals surface area contributed by atoms with Crippen molar-refractivity contribution < 1.29 is 4.79 Å². The minimum absolute atomic E-state index is 0.169. The van der Waals surface area contributed by atoms with Gasteiger partial charge in [0.2, 0.25) is 0 Å². The Kier molecular flexibility index (Phi) is 3.98. The van der Waals surface area contributed by atoms with Gasteiger partial charge in [0.05, 0.1) is 6.07 Å². The molecule has 94 valence electrons. The van der Waals surface area contributed by atoms with Crippen molar-refractivity contribution in [3.8, 4) is 6.07 Å². The summed E-state index contributed by atoms with van der Waals surface area (Å²) in [4.78, 5) is 12.2. The molecule has 3 nitrogen and oxygen atoms in total. The molecule has 1 saturated heterocycles. The zero-order chi connectivity index (χ0) is 13.2. The molecule has 1 amide bonds. The van der Waals surface area contributed by atoms with Crippen LogP contribution in [0.1, 0.15) is 22.3 Å². The molecule has 1 N–H and O–H groups in total. The van der Waals surface area contributed by atoms with Gasteiger partial charge in [-0.15, -0.1) is 0 Å². The highest BCUT2D eigenvalue weighted by Gasteiger charge is 2.36. The maximum atomic E-state index is 12.2. The number of rotatable bonds is 2. The fourth-order valence-electron chi connectivity index (χ4n) is 1.92. The second kappa shape index (κ2) is 5.33. The minimum Gasteiger partial charge on any atom is -0.333 e. The SMILES string of the molecule is Cc1c(Br)cccc1C(=O)NC1(C#N)CCSC1. The Bertz CT molecular complexity index is 518. The fraction of sp³-hybridized carbons (Fsp3) is 0.385. The number of carbonyl (C=O) groups excluding carboxylic acids is 1. The number of nitriles is 1. The first-order valence-electron chi connectivity index (χ1n) is 5.65. The quantitative estimate of drug-likeness (QED) is 0.910. The van der Waals surface area contributed by atoms with Gasteiger partial charge in [-0.1, -0.05) is 22.0 Å². The summed E-state index contributed by atoms with van der Waals surface area (Å²) < 4.78 is 0.905. The molecule has 1 atom stereocenters. The van der Waals surface area contributed by atoms with Gasteiger partial charge in [-0.05, 0) is 36.8 Å². The van der Waals surface area contributed by atoms with Gasteiger partial charge < -0.3 is 5.32 Å². The van der Waals surface area contributed by atoms with Gasteiger partial charge >= 0.3 is 0 Å². The molecule has 1 fully saturated rings. The summed E-state index contributed by atoms with van der Waals surface area (Å²) in [5.74, 6) is 1.42. The van der Waals surface area contributed by atoms with Crippen LogP contribution in [0.3, 0.4) is 0 Å². The van der Waals surface area contributed by atoms with Gasteiger partial charge in [-0.25, -0.2) is 0 Å². The van der Waals surface area contributed by atoms with Crippen LogP contribution in [0.2, 0.25) is 0 Å². The summed E-state index contributed by atoms with van der Waals surface area (Å²) in [5, 5.41) is 12.1. The highest BCUT2D eigenvalue weighted by atomic mass is 79.9. The third-order valence-electron chi connectivity index (χ3n) is 3.10. The average Bonchev–Trinajstić information content (AvgIpc) is 2.81. The molecule has 1 aromatic carbocycles. The molecule has 1 aromatic rings. The standard InChI is InChI=1S/C13H13BrN2OS/c1-9-10(3-2-4-11(9)14)12(17)16-13(7-15)5-6-18-8-13/h2-4H,5-6,8H2,1H3,(H,16,17). The normalized spacial score (nSPS) is 22.5. The Morgan fingerprint density at radius 2 is 2.39 bits per heavy atom. The molecule has 0 aliphatic carbocycles. The number of benzene rings is 1. The second-order valence-corrected chi connectivity index (χ2v) is 6.32. The zero-order valence-electron chi connectivity index (χ0n) is 10.00. The summed E-state index contributed by atoms with van der Waals surface area (Å²) in [5.41, 5.74) is 0.820. The number of hydrogen-bond acceptors (Lipinski definition) is 3. The van der Waals surface area contributed by atoms with Gasteiger partial charge in [0, 0.05) is 15.8 Å². The van der Waals surface area contributed by atoms with E-state index < -0.39 is 5.54 Å². The van der Waals surface area contributed by atoms with Crippen LogP contribution in [0.4, 0.5) is 0 Å². The first-order chi connectivity index (χ1) is 8.58. The maximum absolute atomic E-state index is 12.2. The first-order valence-corrected chi connectivity index (χ1v) is 7.59. The molecule has 18 heavy (non-hydrogen) atoms. The number of thioether (sulfide) groups is 1. The van der Waals surface area contributed by atoms with Crippen molar-refractivity contribution in [1.29, 1.82) is 5.26 Å². The van der Waals surface area contributed by atoms with Crippen molar-refractivity contribution in [3.05, 3.63) is 33.8 Å². The lowest BCUT2D eigenvalue weighted by atomic mass is 9.99. The Labute approximate surface area is 119 Å². The van der Waals surface area contributed by atoms with Gasteiger partial charge in [0.25, 0.3) is 5.91 Å². The lowest BCUT2D eigenvalue weighted by Crippen LogP contribution is -2.47. The van der Waals surface area contributed by atoms with Gasteiger partial charge in [-0.3, -0.25) is 4.79 Å². The molecule has 0 saturated carbocycles. The number of nitrogens with one attached hydrogen (secondary N) is 1. The van der Waals surface area contributed by atoms with Crippen LogP contribution < -0.4 is 5.32 Å². The second-order valence-electron chi connectivity index (χ2n) is 4.36. The highest BCUT2D eigenvalue weighted by molar-refractivity contribution is 9.10. The van der Waals surface area contributed by atoms with Crippen LogP contribution in [0, 0.1) is 18.3 Å². The molecule has 0 spiro atoms. The van der Waals surface area contributed by atoms with E-state index in [0.29, 0.717) is 17.7 Å². The largest absolute Gasteiger partial charge is 0.333 e. The number of hydrogen-bond donors (Lipinski definition) is 1. The molecule has 0 bridgehead atoms. The molecule has 5 heteroatoms. The van der Waals surface area contributed by atoms with Crippen LogP contribution >= 0.6 is 27.7 Å². The lowest BCUT2D eigenvalue weighted by molar-refractivity contribution is 0.0925. The maximum Gasteiger partial charge on any atom is 0.252 e. The van der Waals surface area contributed by atoms with E-state index in [2.05, 4.69) is 27.3 Å². The molecule has 2 rings (SSSR count). The highest BCUT2D eigenvalue weighted by Crippen LogP contribution is 2.28. The predicted octanol–water partition coefficient (Wildman–Crippen LogP) is 2.89. The molecular weight excluding hydrogens is 312 g/mol. The van der Waals surface area contributed by atoms with E-state index >= 15 is 0 Å². The van der Waals surface area contributed by atoms with Crippen molar-refractivity contribution in [2.24, 2.45) is 0 Å². The summed E-state index contributed by atoms with van der Waals surface area (Å²) in [7, 11) is 0. The molecule has 1 aliphatic heterocycles. The Balaban J connectivity index is 2.22. The van der Waals surface area contributed by atoms with Crippen molar-refractivity contribution in [3.63, 3.8) is 0 Å². The molecule has 0 aromatic heterocycles. The van der Waals surface area contributed by atoms with E-state index in [1.165, 1.54) is 0 Å². The van der Waals surface area contributed by atoms with Gasteiger partial charge in [-0.2, -0.15) is 17.0 Å². The van der Waals surface area contributed by atoms with E-state index in [9.17, 15) is 10.1 Å².